The highest BCUT2D eigenvalue weighted by Crippen LogP contribution is 2.23. The molecule has 0 spiro atoms. The Hall–Kier alpha value is -0.300. The number of rotatable bonds is 8. The van der Waals surface area contributed by atoms with Crippen molar-refractivity contribution in [1.29, 1.82) is 0 Å². The maximum absolute atomic E-state index is 12.8. The van der Waals surface area contributed by atoms with Crippen LogP contribution in [-0.2, 0) is 25.0 Å². The second kappa shape index (κ2) is 9.02. The monoisotopic (exact) mass is 424 g/mol. The maximum atomic E-state index is 12.8. The molecule has 0 aromatic heterocycles. The van der Waals surface area contributed by atoms with Gasteiger partial charge in [0.2, 0.25) is 10.0 Å². The van der Waals surface area contributed by atoms with Crippen molar-refractivity contribution < 1.29 is 21.6 Å². The highest BCUT2D eigenvalue weighted by atomic mass is 32.2. The van der Waals surface area contributed by atoms with Crippen LogP contribution in [0.2, 0.25) is 0 Å². The molecule has 1 unspecified atom stereocenters. The van der Waals surface area contributed by atoms with Gasteiger partial charge in [0.05, 0.1) is 19.5 Å². The normalized spacial score (nSPS) is 27.0. The molecule has 1 atom stereocenters. The van der Waals surface area contributed by atoms with E-state index in [0.717, 1.165) is 26.1 Å². The van der Waals surface area contributed by atoms with E-state index in [4.69, 9.17) is 4.74 Å². The fraction of sp³-hybridized carbons (Fsp3) is 1.00. The number of likely N-dealkylation sites (tertiary alicyclic amines) is 1. The van der Waals surface area contributed by atoms with Crippen molar-refractivity contribution in [3.05, 3.63) is 0 Å². The van der Waals surface area contributed by atoms with Crippen molar-refractivity contribution in [3.8, 4) is 0 Å². The average molecular weight is 425 g/mol. The van der Waals surface area contributed by atoms with Crippen LogP contribution in [0.5, 0.6) is 0 Å². The first kappa shape index (κ1) is 21.4. The molecule has 0 aromatic rings. The summed E-state index contributed by atoms with van der Waals surface area (Å²) in [5.41, 5.74) is 0. The lowest BCUT2D eigenvalue weighted by molar-refractivity contribution is 0.0705. The van der Waals surface area contributed by atoms with Crippen LogP contribution < -0.4 is 0 Å². The second-order valence-electron chi connectivity index (χ2n) is 7.60. The van der Waals surface area contributed by atoms with Crippen molar-refractivity contribution in [2.45, 2.75) is 31.7 Å². The highest BCUT2D eigenvalue weighted by molar-refractivity contribution is 7.88. The van der Waals surface area contributed by atoms with Gasteiger partial charge in [0.25, 0.3) is 10.2 Å². The van der Waals surface area contributed by atoms with Gasteiger partial charge >= 0.3 is 0 Å². The van der Waals surface area contributed by atoms with E-state index in [9.17, 15) is 16.8 Å². The zero-order valence-corrected chi connectivity index (χ0v) is 17.8. The number of hydrogen-bond donors (Lipinski definition) is 0. The molecule has 0 bridgehead atoms. The van der Waals surface area contributed by atoms with Gasteiger partial charge in [-0.2, -0.15) is 21.3 Å². The van der Waals surface area contributed by atoms with E-state index in [1.807, 2.05) is 0 Å². The van der Waals surface area contributed by atoms with Gasteiger partial charge in [-0.25, -0.2) is 8.42 Å². The minimum absolute atomic E-state index is 0.233. The Morgan fingerprint density at radius 1 is 0.963 bits per heavy atom. The summed E-state index contributed by atoms with van der Waals surface area (Å²) < 4.78 is 59.9. The fourth-order valence-electron chi connectivity index (χ4n) is 4.17. The third kappa shape index (κ3) is 5.40. The van der Waals surface area contributed by atoms with Gasteiger partial charge in [-0.05, 0) is 45.3 Å². The standard InChI is InChI=1S/C16H32N4O5S2/c1-26(21,22)20(9-4-8-17-6-2-3-7-17)16-5-10-19(15-16)27(23,24)18-11-13-25-14-12-18/h16H,2-15H2,1H3. The van der Waals surface area contributed by atoms with Crippen LogP contribution >= 0.6 is 0 Å². The van der Waals surface area contributed by atoms with Gasteiger partial charge in [0.1, 0.15) is 0 Å². The Balaban J connectivity index is 1.59. The quantitative estimate of drug-likeness (QED) is 0.516. The molecule has 11 heteroatoms. The Kier molecular flexibility index (Phi) is 7.15. The highest BCUT2D eigenvalue weighted by Gasteiger charge is 2.40. The SMILES string of the molecule is CS(=O)(=O)N(CCCN1CCCC1)C1CCN(S(=O)(=O)N2CCOCC2)C1. The molecule has 0 radical (unpaired) electrons. The van der Waals surface area contributed by atoms with Crippen molar-refractivity contribution >= 4 is 20.2 Å². The predicted octanol–water partition coefficient (Wildman–Crippen LogP) is -0.615. The molecule has 158 valence electrons. The molecule has 3 heterocycles. The van der Waals surface area contributed by atoms with E-state index in [1.54, 1.807) is 0 Å². The summed E-state index contributed by atoms with van der Waals surface area (Å²) in [5.74, 6) is 0. The zero-order valence-electron chi connectivity index (χ0n) is 16.1. The third-order valence-electron chi connectivity index (χ3n) is 5.63. The number of nitrogens with zero attached hydrogens (tertiary/aromatic N) is 4. The van der Waals surface area contributed by atoms with Gasteiger partial charge in [-0.1, -0.05) is 0 Å². The fourth-order valence-corrected chi connectivity index (χ4v) is 6.98. The van der Waals surface area contributed by atoms with Crippen LogP contribution in [0.1, 0.15) is 25.7 Å². The van der Waals surface area contributed by atoms with Gasteiger partial charge in [-0.15, -0.1) is 0 Å². The smallest absolute Gasteiger partial charge is 0.282 e. The minimum atomic E-state index is -3.55. The van der Waals surface area contributed by atoms with Gasteiger partial charge < -0.3 is 9.64 Å². The summed E-state index contributed by atoms with van der Waals surface area (Å²) in [6, 6.07) is -0.283. The summed E-state index contributed by atoms with van der Waals surface area (Å²) in [6.07, 6.45) is 4.97. The third-order valence-corrected chi connectivity index (χ3v) is 8.97. The Bertz CT molecular complexity index is 688. The van der Waals surface area contributed by atoms with Crippen molar-refractivity contribution in [2.24, 2.45) is 0 Å². The van der Waals surface area contributed by atoms with Crippen molar-refractivity contribution in [2.75, 3.05) is 71.8 Å². The molecule has 3 saturated heterocycles. The zero-order chi connectivity index (χ0) is 19.5. The summed E-state index contributed by atoms with van der Waals surface area (Å²) in [6.45, 7) is 5.65. The molecule has 0 amide bonds. The van der Waals surface area contributed by atoms with Crippen molar-refractivity contribution in [3.63, 3.8) is 0 Å². The molecule has 9 nitrogen and oxygen atoms in total. The number of morpholine rings is 1. The number of ether oxygens (including phenoxy) is 1. The van der Waals surface area contributed by atoms with E-state index in [2.05, 4.69) is 4.90 Å². The molecule has 0 N–H and O–H groups in total. The number of hydrogen-bond acceptors (Lipinski definition) is 6. The molecule has 27 heavy (non-hydrogen) atoms. The van der Waals surface area contributed by atoms with E-state index in [0.29, 0.717) is 45.8 Å². The molecule has 3 fully saturated rings. The Morgan fingerprint density at radius 2 is 1.63 bits per heavy atom. The Labute approximate surface area is 163 Å². The molecule has 3 rings (SSSR count). The van der Waals surface area contributed by atoms with E-state index >= 15 is 0 Å². The molecule has 3 aliphatic heterocycles. The lowest BCUT2D eigenvalue weighted by Gasteiger charge is -2.31. The topological polar surface area (TPSA) is 90.5 Å². The van der Waals surface area contributed by atoms with E-state index in [1.165, 1.54) is 32.0 Å². The van der Waals surface area contributed by atoms with Crippen molar-refractivity contribution in [1.82, 2.24) is 17.8 Å². The van der Waals surface area contributed by atoms with E-state index in [-0.39, 0.29) is 12.6 Å². The predicted molar refractivity (Wildman–Crippen MR) is 103 cm³/mol. The van der Waals surface area contributed by atoms with Crippen LogP contribution in [-0.4, -0.2) is 113 Å². The number of sulfonamides is 1. The summed E-state index contributed by atoms with van der Waals surface area (Å²) in [4.78, 5) is 2.37. The van der Waals surface area contributed by atoms with Crippen LogP contribution in [0.4, 0.5) is 0 Å². The first-order valence-electron chi connectivity index (χ1n) is 9.80. The van der Waals surface area contributed by atoms with Gasteiger partial charge in [-0.3, -0.25) is 0 Å². The summed E-state index contributed by atoms with van der Waals surface area (Å²) in [5, 5.41) is 0. The lowest BCUT2D eigenvalue weighted by atomic mass is 10.2. The Morgan fingerprint density at radius 3 is 2.26 bits per heavy atom. The first-order chi connectivity index (χ1) is 12.8. The molecule has 0 aromatic carbocycles. The molecule has 0 saturated carbocycles. The van der Waals surface area contributed by atoms with Gasteiger partial charge in [0.15, 0.2) is 0 Å². The van der Waals surface area contributed by atoms with Gasteiger partial charge in [0, 0.05) is 38.8 Å². The first-order valence-corrected chi connectivity index (χ1v) is 13.0. The summed E-state index contributed by atoms with van der Waals surface area (Å²) in [7, 11) is -6.93. The maximum Gasteiger partial charge on any atom is 0.282 e. The van der Waals surface area contributed by atoms with Crippen LogP contribution in [0.3, 0.4) is 0 Å². The average Bonchev–Trinajstić information content (AvgIpc) is 3.30. The molecular weight excluding hydrogens is 392 g/mol. The lowest BCUT2D eigenvalue weighted by Crippen LogP contribution is -2.49. The second-order valence-corrected chi connectivity index (χ2v) is 11.5. The van der Waals surface area contributed by atoms with Crippen LogP contribution in [0.15, 0.2) is 0 Å². The summed E-state index contributed by atoms with van der Waals surface area (Å²) >= 11 is 0. The molecule has 0 aliphatic carbocycles. The van der Waals surface area contributed by atoms with E-state index < -0.39 is 20.2 Å². The molecular formula is C16H32N4O5S2. The van der Waals surface area contributed by atoms with Crippen LogP contribution in [0.25, 0.3) is 0 Å². The van der Waals surface area contributed by atoms with Crippen LogP contribution in [0, 0.1) is 0 Å². The molecule has 3 aliphatic rings. The minimum Gasteiger partial charge on any atom is -0.379 e. The largest absolute Gasteiger partial charge is 0.379 e.